The highest BCUT2D eigenvalue weighted by atomic mass is 32.1. The number of nitro groups is 1. The number of carbonyl (C=O) groups excluding carboxylic acids is 1. The van der Waals surface area contributed by atoms with Gasteiger partial charge in [0.2, 0.25) is 0 Å². The van der Waals surface area contributed by atoms with E-state index in [1.165, 1.54) is 29.7 Å². The Morgan fingerprint density at radius 2 is 1.72 bits per heavy atom. The Morgan fingerprint density at radius 1 is 0.966 bits per heavy atom. The van der Waals surface area contributed by atoms with Crippen molar-refractivity contribution in [3.63, 3.8) is 0 Å². The molecule has 0 saturated heterocycles. The molecule has 0 unspecified atom stereocenters. The van der Waals surface area contributed by atoms with Crippen LogP contribution in [0, 0.1) is 10.1 Å². The molecule has 0 spiro atoms. The number of thiazole rings is 1. The minimum atomic E-state index is -0.442. The standard InChI is InChI=1S/C21H14N4O3S/c26-20(16-7-4-12-22-13-16)24-21-23-18(14-8-10-17(11-9-14)25(27)28)19(29-21)15-5-2-1-3-6-15/h1-13H,(H,23,24,26). The highest BCUT2D eigenvalue weighted by molar-refractivity contribution is 7.19. The number of benzene rings is 2. The SMILES string of the molecule is O=C(Nc1nc(-c2ccc([N+](=O)[O-])cc2)c(-c2ccccc2)s1)c1cccnc1. The van der Waals surface area contributed by atoms with Crippen LogP contribution in [-0.2, 0) is 0 Å². The van der Waals surface area contributed by atoms with E-state index in [1.807, 2.05) is 30.3 Å². The van der Waals surface area contributed by atoms with Crippen LogP contribution in [0.4, 0.5) is 10.8 Å². The van der Waals surface area contributed by atoms with Gasteiger partial charge >= 0.3 is 0 Å². The van der Waals surface area contributed by atoms with Crippen molar-refractivity contribution < 1.29 is 9.72 Å². The first-order chi connectivity index (χ1) is 14.1. The van der Waals surface area contributed by atoms with Gasteiger partial charge in [0.05, 0.1) is 21.1 Å². The normalized spacial score (nSPS) is 10.5. The second kappa shape index (κ2) is 7.99. The monoisotopic (exact) mass is 402 g/mol. The summed E-state index contributed by atoms with van der Waals surface area (Å²) in [5.74, 6) is -0.304. The highest BCUT2D eigenvalue weighted by Crippen LogP contribution is 2.39. The zero-order valence-corrected chi connectivity index (χ0v) is 15.8. The lowest BCUT2D eigenvalue weighted by Gasteiger charge is -2.02. The number of nitrogens with zero attached hydrogens (tertiary/aromatic N) is 3. The van der Waals surface area contributed by atoms with E-state index in [0.717, 1.165) is 16.0 Å². The molecule has 1 amide bonds. The fraction of sp³-hybridized carbons (Fsp3) is 0. The molecule has 0 atom stereocenters. The smallest absolute Gasteiger partial charge is 0.269 e. The van der Waals surface area contributed by atoms with Gasteiger partial charge in [-0.05, 0) is 29.8 Å². The van der Waals surface area contributed by atoms with Crippen LogP contribution in [0.2, 0.25) is 0 Å². The van der Waals surface area contributed by atoms with E-state index in [4.69, 9.17) is 0 Å². The van der Waals surface area contributed by atoms with Gasteiger partial charge in [-0.1, -0.05) is 41.7 Å². The summed E-state index contributed by atoms with van der Waals surface area (Å²) in [5, 5.41) is 14.2. The highest BCUT2D eigenvalue weighted by Gasteiger charge is 2.18. The fourth-order valence-electron chi connectivity index (χ4n) is 2.76. The second-order valence-electron chi connectivity index (χ2n) is 6.06. The number of aromatic nitrogens is 2. The van der Waals surface area contributed by atoms with E-state index in [9.17, 15) is 14.9 Å². The van der Waals surface area contributed by atoms with Crippen molar-refractivity contribution in [2.24, 2.45) is 0 Å². The molecular weight excluding hydrogens is 388 g/mol. The average molecular weight is 402 g/mol. The lowest BCUT2D eigenvalue weighted by molar-refractivity contribution is -0.384. The molecule has 0 aliphatic rings. The molecule has 2 heterocycles. The molecule has 1 N–H and O–H groups in total. The van der Waals surface area contributed by atoms with Crippen LogP contribution in [0.5, 0.6) is 0 Å². The molecule has 0 radical (unpaired) electrons. The summed E-state index contributed by atoms with van der Waals surface area (Å²) >= 11 is 1.34. The van der Waals surface area contributed by atoms with Crippen molar-refractivity contribution >= 4 is 28.1 Å². The number of nitrogens with one attached hydrogen (secondary N) is 1. The molecule has 8 heteroatoms. The molecule has 29 heavy (non-hydrogen) atoms. The van der Waals surface area contributed by atoms with Gasteiger partial charge in [0, 0.05) is 30.1 Å². The second-order valence-corrected chi connectivity index (χ2v) is 7.06. The van der Waals surface area contributed by atoms with E-state index in [2.05, 4.69) is 15.3 Å². The number of anilines is 1. The molecule has 4 aromatic rings. The number of rotatable bonds is 5. The molecule has 2 aromatic carbocycles. The maximum absolute atomic E-state index is 12.5. The van der Waals surface area contributed by atoms with Gasteiger partial charge in [-0.3, -0.25) is 25.2 Å². The maximum atomic E-state index is 12.5. The van der Waals surface area contributed by atoms with Gasteiger partial charge in [-0.2, -0.15) is 0 Å². The number of non-ortho nitro benzene ring substituents is 1. The van der Waals surface area contributed by atoms with Crippen LogP contribution in [0.25, 0.3) is 21.7 Å². The topological polar surface area (TPSA) is 98.0 Å². The zero-order valence-electron chi connectivity index (χ0n) is 15.0. The number of hydrogen-bond acceptors (Lipinski definition) is 6. The van der Waals surface area contributed by atoms with Crippen molar-refractivity contribution in [1.82, 2.24) is 9.97 Å². The van der Waals surface area contributed by atoms with Gasteiger partial charge in [0.1, 0.15) is 0 Å². The van der Waals surface area contributed by atoms with Crippen LogP contribution in [0.1, 0.15) is 10.4 Å². The molecular formula is C21H14N4O3S. The predicted molar refractivity (Wildman–Crippen MR) is 112 cm³/mol. The van der Waals surface area contributed by atoms with Gasteiger partial charge < -0.3 is 0 Å². The Balaban J connectivity index is 1.73. The van der Waals surface area contributed by atoms with Gasteiger partial charge in [-0.15, -0.1) is 0 Å². The Hall–Kier alpha value is -3.91. The lowest BCUT2D eigenvalue weighted by Crippen LogP contribution is -2.11. The van der Waals surface area contributed by atoms with Crippen molar-refractivity contribution in [2.45, 2.75) is 0 Å². The number of pyridine rings is 1. The van der Waals surface area contributed by atoms with Crippen molar-refractivity contribution in [2.75, 3.05) is 5.32 Å². The Bertz CT molecular complexity index is 1160. The van der Waals surface area contributed by atoms with Crippen LogP contribution in [0.15, 0.2) is 79.1 Å². The number of carbonyl (C=O) groups is 1. The molecule has 0 fully saturated rings. The third-order valence-electron chi connectivity index (χ3n) is 4.16. The minimum Gasteiger partial charge on any atom is -0.298 e. The predicted octanol–water partition coefficient (Wildman–Crippen LogP) is 5.03. The summed E-state index contributed by atoms with van der Waals surface area (Å²) in [6.07, 6.45) is 3.08. The first kappa shape index (κ1) is 18.5. The molecule has 0 bridgehead atoms. The van der Waals surface area contributed by atoms with Crippen LogP contribution in [-0.4, -0.2) is 20.8 Å². The van der Waals surface area contributed by atoms with Crippen LogP contribution >= 0.6 is 11.3 Å². The minimum absolute atomic E-state index is 0.00958. The van der Waals surface area contributed by atoms with E-state index >= 15 is 0 Å². The first-order valence-corrected chi connectivity index (χ1v) is 9.46. The number of hydrogen-bond donors (Lipinski definition) is 1. The van der Waals surface area contributed by atoms with Crippen molar-refractivity contribution in [3.8, 4) is 21.7 Å². The summed E-state index contributed by atoms with van der Waals surface area (Å²) in [4.78, 5) is 32.4. The third kappa shape index (κ3) is 4.02. The van der Waals surface area contributed by atoms with E-state index in [0.29, 0.717) is 16.4 Å². The third-order valence-corrected chi connectivity index (χ3v) is 5.18. The first-order valence-electron chi connectivity index (χ1n) is 8.64. The van der Waals surface area contributed by atoms with Gasteiger partial charge in [0.25, 0.3) is 11.6 Å². The van der Waals surface area contributed by atoms with E-state index in [1.54, 1.807) is 30.5 Å². The summed E-state index contributed by atoms with van der Waals surface area (Å²) in [5.41, 5.74) is 2.77. The van der Waals surface area contributed by atoms with E-state index in [-0.39, 0.29) is 11.6 Å². The summed E-state index contributed by atoms with van der Waals surface area (Å²) < 4.78 is 0. The van der Waals surface area contributed by atoms with Crippen LogP contribution < -0.4 is 5.32 Å². The number of amides is 1. The lowest BCUT2D eigenvalue weighted by atomic mass is 10.1. The summed E-state index contributed by atoms with van der Waals surface area (Å²) in [6.45, 7) is 0. The summed E-state index contributed by atoms with van der Waals surface area (Å²) in [7, 11) is 0. The molecule has 4 rings (SSSR count). The number of nitro benzene ring substituents is 1. The van der Waals surface area contributed by atoms with Gasteiger partial charge in [-0.25, -0.2) is 4.98 Å². The Labute approximate surface area is 169 Å². The molecule has 7 nitrogen and oxygen atoms in total. The zero-order chi connectivity index (χ0) is 20.2. The maximum Gasteiger partial charge on any atom is 0.269 e. The molecule has 0 aliphatic heterocycles. The fourth-order valence-corrected chi connectivity index (χ4v) is 3.75. The van der Waals surface area contributed by atoms with Crippen molar-refractivity contribution in [1.29, 1.82) is 0 Å². The Morgan fingerprint density at radius 3 is 2.38 bits per heavy atom. The largest absolute Gasteiger partial charge is 0.298 e. The molecule has 2 aromatic heterocycles. The van der Waals surface area contributed by atoms with E-state index < -0.39 is 4.92 Å². The molecule has 0 saturated carbocycles. The average Bonchev–Trinajstić information content (AvgIpc) is 3.19. The van der Waals surface area contributed by atoms with Crippen LogP contribution in [0.3, 0.4) is 0 Å². The van der Waals surface area contributed by atoms with Gasteiger partial charge in [0.15, 0.2) is 5.13 Å². The van der Waals surface area contributed by atoms with Crippen molar-refractivity contribution in [3.05, 3.63) is 94.8 Å². The molecule has 0 aliphatic carbocycles. The molecule has 142 valence electrons. The quantitative estimate of drug-likeness (QED) is 0.373. The Kier molecular flexibility index (Phi) is 5.08. The summed E-state index contributed by atoms with van der Waals surface area (Å²) in [6, 6.07) is 19.2.